The summed E-state index contributed by atoms with van der Waals surface area (Å²) in [6.07, 6.45) is 5.66. The molecule has 4 unspecified atom stereocenters. The Balaban J connectivity index is 1.98. The van der Waals surface area contributed by atoms with Crippen LogP contribution in [0.2, 0.25) is 0 Å². The zero-order valence-electron chi connectivity index (χ0n) is 11.3. The minimum absolute atomic E-state index is 0.486. The molecule has 1 saturated heterocycles. The summed E-state index contributed by atoms with van der Waals surface area (Å²) in [5, 5.41) is 3.72. The molecule has 0 spiro atoms. The lowest BCUT2D eigenvalue weighted by molar-refractivity contribution is -0.0638. The summed E-state index contributed by atoms with van der Waals surface area (Å²) < 4.78 is 5.93. The standard InChI is InChI=1S/C14H27NO/c1-5-14(3,4)11-6-7-13-12(8-11)15-10(2)9-16-13/h10-13,15H,5-9H2,1-4H3. The van der Waals surface area contributed by atoms with Crippen LogP contribution in [0.15, 0.2) is 0 Å². The zero-order valence-corrected chi connectivity index (χ0v) is 11.3. The van der Waals surface area contributed by atoms with Crippen molar-refractivity contribution in [2.75, 3.05) is 6.61 Å². The lowest BCUT2D eigenvalue weighted by Crippen LogP contribution is -2.56. The molecular formula is C14H27NO. The average molecular weight is 225 g/mol. The van der Waals surface area contributed by atoms with Crippen molar-refractivity contribution >= 4 is 0 Å². The maximum atomic E-state index is 5.93. The molecule has 0 radical (unpaired) electrons. The lowest BCUT2D eigenvalue weighted by atomic mass is 9.67. The first kappa shape index (κ1) is 12.4. The van der Waals surface area contributed by atoms with Crippen LogP contribution in [-0.4, -0.2) is 24.8 Å². The van der Waals surface area contributed by atoms with E-state index in [0.29, 0.717) is 23.6 Å². The van der Waals surface area contributed by atoms with Gasteiger partial charge in [0.1, 0.15) is 0 Å². The van der Waals surface area contributed by atoms with E-state index in [1.807, 2.05) is 0 Å². The van der Waals surface area contributed by atoms with Gasteiger partial charge in [-0.15, -0.1) is 0 Å². The van der Waals surface area contributed by atoms with Crippen LogP contribution in [-0.2, 0) is 4.74 Å². The monoisotopic (exact) mass is 225 g/mol. The number of hydrogen-bond acceptors (Lipinski definition) is 2. The second-order valence-electron chi connectivity index (χ2n) is 6.40. The van der Waals surface area contributed by atoms with Gasteiger partial charge in [-0.2, -0.15) is 0 Å². The maximum Gasteiger partial charge on any atom is 0.0729 e. The molecule has 2 nitrogen and oxygen atoms in total. The third-order valence-corrected chi connectivity index (χ3v) is 4.86. The van der Waals surface area contributed by atoms with Gasteiger partial charge in [-0.05, 0) is 37.5 Å². The smallest absolute Gasteiger partial charge is 0.0729 e. The Kier molecular flexibility index (Phi) is 3.60. The van der Waals surface area contributed by atoms with Gasteiger partial charge in [0.2, 0.25) is 0 Å². The minimum atomic E-state index is 0.486. The van der Waals surface area contributed by atoms with Crippen LogP contribution in [0.1, 0.15) is 53.4 Å². The van der Waals surface area contributed by atoms with Crippen molar-refractivity contribution in [3.8, 4) is 0 Å². The molecule has 0 aromatic rings. The number of fused-ring (bicyclic) bond motifs is 1. The minimum Gasteiger partial charge on any atom is -0.375 e. The van der Waals surface area contributed by atoms with Gasteiger partial charge in [-0.25, -0.2) is 0 Å². The third-order valence-electron chi connectivity index (χ3n) is 4.86. The molecule has 1 heterocycles. The fourth-order valence-electron chi connectivity index (χ4n) is 3.20. The first-order valence-electron chi connectivity index (χ1n) is 6.90. The van der Waals surface area contributed by atoms with Gasteiger partial charge in [0.15, 0.2) is 0 Å². The summed E-state index contributed by atoms with van der Waals surface area (Å²) in [7, 11) is 0. The highest BCUT2D eigenvalue weighted by molar-refractivity contribution is 4.94. The Labute approximate surface area is 100 Å². The van der Waals surface area contributed by atoms with Crippen molar-refractivity contribution in [3.63, 3.8) is 0 Å². The summed E-state index contributed by atoms with van der Waals surface area (Å²) in [6, 6.07) is 1.14. The van der Waals surface area contributed by atoms with E-state index in [9.17, 15) is 0 Å². The van der Waals surface area contributed by atoms with E-state index in [4.69, 9.17) is 4.74 Å². The summed E-state index contributed by atoms with van der Waals surface area (Å²) in [6.45, 7) is 10.3. The van der Waals surface area contributed by atoms with Gasteiger partial charge in [0.05, 0.1) is 12.7 Å². The number of ether oxygens (including phenoxy) is 1. The molecule has 2 heteroatoms. The van der Waals surface area contributed by atoms with Gasteiger partial charge in [0, 0.05) is 12.1 Å². The Hall–Kier alpha value is -0.0800. The molecule has 2 fully saturated rings. The molecule has 1 aliphatic carbocycles. The quantitative estimate of drug-likeness (QED) is 0.780. The fourth-order valence-corrected chi connectivity index (χ4v) is 3.20. The van der Waals surface area contributed by atoms with E-state index < -0.39 is 0 Å². The van der Waals surface area contributed by atoms with Crippen LogP contribution in [0.5, 0.6) is 0 Å². The summed E-state index contributed by atoms with van der Waals surface area (Å²) >= 11 is 0. The molecular weight excluding hydrogens is 198 g/mol. The highest BCUT2D eigenvalue weighted by Gasteiger charge is 2.39. The predicted molar refractivity (Wildman–Crippen MR) is 67.5 cm³/mol. The molecule has 0 bridgehead atoms. The molecule has 2 aliphatic rings. The van der Waals surface area contributed by atoms with Crippen molar-refractivity contribution < 1.29 is 4.74 Å². The number of rotatable bonds is 2. The van der Waals surface area contributed by atoms with E-state index in [2.05, 4.69) is 33.0 Å². The molecule has 16 heavy (non-hydrogen) atoms. The topological polar surface area (TPSA) is 21.3 Å². The van der Waals surface area contributed by atoms with Crippen molar-refractivity contribution in [1.29, 1.82) is 0 Å². The van der Waals surface area contributed by atoms with Crippen LogP contribution < -0.4 is 5.32 Å². The van der Waals surface area contributed by atoms with Crippen molar-refractivity contribution in [2.24, 2.45) is 11.3 Å². The van der Waals surface area contributed by atoms with Gasteiger partial charge >= 0.3 is 0 Å². The zero-order chi connectivity index (χ0) is 11.8. The highest BCUT2D eigenvalue weighted by Crippen LogP contribution is 2.41. The first-order chi connectivity index (χ1) is 7.53. The molecule has 4 atom stereocenters. The van der Waals surface area contributed by atoms with E-state index in [1.54, 1.807) is 0 Å². The maximum absolute atomic E-state index is 5.93. The van der Waals surface area contributed by atoms with Crippen LogP contribution in [0.3, 0.4) is 0 Å². The molecule has 0 aromatic heterocycles. The number of nitrogens with one attached hydrogen (secondary N) is 1. The molecule has 2 rings (SSSR count). The molecule has 0 aromatic carbocycles. The predicted octanol–water partition coefficient (Wildman–Crippen LogP) is 2.97. The molecule has 0 amide bonds. The molecule has 1 saturated carbocycles. The van der Waals surface area contributed by atoms with Gasteiger partial charge in [-0.3, -0.25) is 0 Å². The first-order valence-corrected chi connectivity index (χ1v) is 6.90. The second kappa shape index (κ2) is 4.66. The van der Waals surface area contributed by atoms with Gasteiger partial charge in [-0.1, -0.05) is 27.2 Å². The normalized spacial score (nSPS) is 40.5. The Morgan fingerprint density at radius 2 is 2.06 bits per heavy atom. The highest BCUT2D eigenvalue weighted by atomic mass is 16.5. The van der Waals surface area contributed by atoms with E-state index in [1.165, 1.54) is 25.7 Å². The molecule has 1 aliphatic heterocycles. The molecule has 94 valence electrons. The summed E-state index contributed by atoms with van der Waals surface area (Å²) in [5.74, 6) is 0.861. The van der Waals surface area contributed by atoms with Crippen LogP contribution in [0.25, 0.3) is 0 Å². The summed E-state index contributed by atoms with van der Waals surface area (Å²) in [4.78, 5) is 0. The lowest BCUT2D eigenvalue weighted by Gasteiger charge is -2.46. The largest absolute Gasteiger partial charge is 0.375 e. The van der Waals surface area contributed by atoms with Crippen molar-refractivity contribution in [3.05, 3.63) is 0 Å². The van der Waals surface area contributed by atoms with E-state index >= 15 is 0 Å². The van der Waals surface area contributed by atoms with Crippen molar-refractivity contribution in [1.82, 2.24) is 5.32 Å². The SMILES string of the molecule is CCC(C)(C)C1CCC2OCC(C)NC2C1. The Bertz CT molecular complexity index is 239. The van der Waals surface area contributed by atoms with Gasteiger partial charge < -0.3 is 10.1 Å². The third kappa shape index (κ3) is 2.43. The number of hydrogen-bond donors (Lipinski definition) is 1. The summed E-state index contributed by atoms with van der Waals surface area (Å²) in [5.41, 5.74) is 0.493. The van der Waals surface area contributed by atoms with Crippen LogP contribution in [0.4, 0.5) is 0 Å². The van der Waals surface area contributed by atoms with E-state index in [-0.39, 0.29) is 0 Å². The van der Waals surface area contributed by atoms with E-state index in [0.717, 1.165) is 12.5 Å². The van der Waals surface area contributed by atoms with Crippen LogP contribution in [0, 0.1) is 11.3 Å². The van der Waals surface area contributed by atoms with Crippen LogP contribution >= 0.6 is 0 Å². The average Bonchev–Trinajstić information content (AvgIpc) is 2.28. The Morgan fingerprint density at radius 3 is 2.75 bits per heavy atom. The fraction of sp³-hybridized carbons (Fsp3) is 1.00. The Morgan fingerprint density at radius 1 is 1.31 bits per heavy atom. The van der Waals surface area contributed by atoms with Crippen molar-refractivity contribution in [2.45, 2.75) is 71.6 Å². The second-order valence-corrected chi connectivity index (χ2v) is 6.40. The molecule has 1 N–H and O–H groups in total. The van der Waals surface area contributed by atoms with Gasteiger partial charge in [0.25, 0.3) is 0 Å². The number of morpholine rings is 1.